The topological polar surface area (TPSA) is 92.4 Å². The Morgan fingerprint density at radius 2 is 2.21 bits per heavy atom. The van der Waals surface area contributed by atoms with Crippen LogP contribution in [0.1, 0.15) is 19.7 Å². The summed E-state index contributed by atoms with van der Waals surface area (Å²) in [7, 11) is 0. The molecule has 1 atom stereocenters. The van der Waals surface area contributed by atoms with Gasteiger partial charge in [0.05, 0.1) is 0 Å². The van der Waals surface area contributed by atoms with Gasteiger partial charge in [-0.15, -0.1) is 0 Å². The molecule has 0 aliphatic heterocycles. The van der Waals surface area contributed by atoms with E-state index in [4.69, 9.17) is 9.52 Å². The second kappa shape index (κ2) is 5.09. The number of benzene rings is 1. The van der Waals surface area contributed by atoms with Gasteiger partial charge in [-0.25, -0.2) is 4.98 Å². The van der Waals surface area contributed by atoms with Gasteiger partial charge in [0.25, 0.3) is 0 Å². The smallest absolute Gasteiger partial charge is 0.315 e. The number of anilines is 1. The molecule has 0 spiro atoms. The van der Waals surface area contributed by atoms with Gasteiger partial charge < -0.3 is 14.8 Å². The summed E-state index contributed by atoms with van der Waals surface area (Å²) in [5.41, 5.74) is 1.78. The Kier molecular flexibility index (Phi) is 3.50. The summed E-state index contributed by atoms with van der Waals surface area (Å²) in [6.45, 7) is 3.27. The third-order valence-corrected chi connectivity index (χ3v) is 2.77. The Morgan fingerprint density at radius 1 is 1.47 bits per heavy atom. The van der Waals surface area contributed by atoms with E-state index in [2.05, 4.69) is 10.3 Å². The van der Waals surface area contributed by atoms with Crippen molar-refractivity contribution in [1.82, 2.24) is 4.98 Å². The summed E-state index contributed by atoms with van der Waals surface area (Å²) in [5.74, 6) is -2.20. The number of carboxylic acids is 1. The Hall–Kier alpha value is -2.37. The molecule has 2 rings (SSSR count). The summed E-state index contributed by atoms with van der Waals surface area (Å²) >= 11 is 0. The Balaban J connectivity index is 2.21. The maximum atomic E-state index is 11.6. The SMILES string of the molecule is CCc1nc2cc(NC(=O)C(C)C(=O)O)ccc2o1. The van der Waals surface area contributed by atoms with Crippen LogP contribution in [0.25, 0.3) is 11.1 Å². The third kappa shape index (κ3) is 2.73. The fourth-order valence-electron chi connectivity index (χ4n) is 1.57. The third-order valence-electron chi connectivity index (χ3n) is 2.77. The number of carbonyl (C=O) groups excluding carboxylic acids is 1. The molecule has 0 fully saturated rings. The van der Waals surface area contributed by atoms with Crippen LogP contribution < -0.4 is 5.32 Å². The highest BCUT2D eigenvalue weighted by atomic mass is 16.4. The van der Waals surface area contributed by atoms with E-state index in [-0.39, 0.29) is 0 Å². The van der Waals surface area contributed by atoms with Crippen molar-refractivity contribution in [2.75, 3.05) is 5.32 Å². The molecule has 0 radical (unpaired) electrons. The number of oxazole rings is 1. The summed E-state index contributed by atoms with van der Waals surface area (Å²) in [6.07, 6.45) is 0.687. The molecule has 0 saturated heterocycles. The van der Waals surface area contributed by atoms with Crippen molar-refractivity contribution in [2.24, 2.45) is 5.92 Å². The quantitative estimate of drug-likeness (QED) is 0.822. The van der Waals surface area contributed by atoms with Crippen LogP contribution in [-0.4, -0.2) is 22.0 Å². The molecular formula is C13H14N2O4. The summed E-state index contributed by atoms with van der Waals surface area (Å²) < 4.78 is 5.44. The molecule has 19 heavy (non-hydrogen) atoms. The first-order valence-corrected chi connectivity index (χ1v) is 5.94. The molecule has 0 bridgehead atoms. The largest absolute Gasteiger partial charge is 0.481 e. The average Bonchev–Trinajstić information content (AvgIpc) is 2.79. The van der Waals surface area contributed by atoms with Crippen LogP contribution in [0.5, 0.6) is 0 Å². The standard InChI is InChI=1S/C13H14N2O4/c1-3-11-15-9-6-8(4-5-10(9)19-11)14-12(16)7(2)13(17)18/h4-7H,3H2,1-2H3,(H,14,16)(H,17,18). The number of nitrogens with zero attached hydrogens (tertiary/aromatic N) is 1. The predicted octanol–water partition coefficient (Wildman–Crippen LogP) is 2.05. The van der Waals surface area contributed by atoms with E-state index < -0.39 is 17.8 Å². The highest BCUT2D eigenvalue weighted by Gasteiger charge is 2.20. The van der Waals surface area contributed by atoms with Gasteiger partial charge in [0.15, 0.2) is 11.5 Å². The molecule has 100 valence electrons. The minimum absolute atomic E-state index is 0.501. The first-order chi connectivity index (χ1) is 9.01. The van der Waals surface area contributed by atoms with Crippen LogP contribution in [0, 0.1) is 5.92 Å². The maximum Gasteiger partial charge on any atom is 0.315 e. The number of carboxylic acid groups (broad SMARTS) is 1. The number of amides is 1. The number of carbonyl (C=O) groups is 2. The van der Waals surface area contributed by atoms with Gasteiger partial charge in [-0.1, -0.05) is 6.92 Å². The van der Waals surface area contributed by atoms with Gasteiger partial charge in [-0.2, -0.15) is 0 Å². The molecule has 1 unspecified atom stereocenters. The van der Waals surface area contributed by atoms with Crippen molar-refractivity contribution < 1.29 is 19.1 Å². The monoisotopic (exact) mass is 262 g/mol. The number of aryl methyl sites for hydroxylation is 1. The van der Waals surface area contributed by atoms with Gasteiger partial charge in [0.2, 0.25) is 5.91 Å². The lowest BCUT2D eigenvalue weighted by molar-refractivity contribution is -0.144. The Bertz CT molecular complexity index is 633. The molecule has 0 saturated carbocycles. The van der Waals surface area contributed by atoms with Crippen LogP contribution in [-0.2, 0) is 16.0 Å². The normalized spacial score (nSPS) is 12.3. The van der Waals surface area contributed by atoms with E-state index in [1.165, 1.54) is 6.92 Å². The number of aromatic nitrogens is 1. The molecule has 0 aliphatic carbocycles. The zero-order valence-electron chi connectivity index (χ0n) is 10.6. The van der Waals surface area contributed by atoms with Crippen molar-refractivity contribution in [3.63, 3.8) is 0 Å². The van der Waals surface area contributed by atoms with Crippen LogP contribution in [0.15, 0.2) is 22.6 Å². The van der Waals surface area contributed by atoms with Crippen molar-refractivity contribution in [1.29, 1.82) is 0 Å². The van der Waals surface area contributed by atoms with Gasteiger partial charge in [0, 0.05) is 12.1 Å². The Labute approximate surface area is 109 Å². The summed E-state index contributed by atoms with van der Waals surface area (Å²) in [5, 5.41) is 11.3. The van der Waals surface area contributed by atoms with E-state index in [0.717, 1.165) is 0 Å². The van der Waals surface area contributed by atoms with Gasteiger partial charge >= 0.3 is 5.97 Å². The number of rotatable bonds is 4. The number of aliphatic carboxylic acids is 1. The fourth-order valence-corrected chi connectivity index (χ4v) is 1.57. The molecule has 1 aromatic carbocycles. The van der Waals surface area contributed by atoms with Gasteiger partial charge in [0.1, 0.15) is 11.4 Å². The lowest BCUT2D eigenvalue weighted by Gasteiger charge is -2.07. The second-order valence-corrected chi connectivity index (χ2v) is 4.19. The second-order valence-electron chi connectivity index (χ2n) is 4.19. The van der Waals surface area contributed by atoms with Crippen LogP contribution in [0.2, 0.25) is 0 Å². The molecule has 0 aliphatic rings. The zero-order chi connectivity index (χ0) is 14.0. The van der Waals surface area contributed by atoms with Crippen LogP contribution >= 0.6 is 0 Å². The highest BCUT2D eigenvalue weighted by Crippen LogP contribution is 2.20. The highest BCUT2D eigenvalue weighted by molar-refractivity contribution is 6.04. The minimum Gasteiger partial charge on any atom is -0.481 e. The Morgan fingerprint density at radius 3 is 2.84 bits per heavy atom. The van der Waals surface area contributed by atoms with Crippen molar-refractivity contribution in [2.45, 2.75) is 20.3 Å². The van der Waals surface area contributed by atoms with E-state index in [0.29, 0.717) is 29.1 Å². The number of hydrogen-bond donors (Lipinski definition) is 2. The van der Waals surface area contributed by atoms with Gasteiger partial charge in [-0.05, 0) is 25.1 Å². The van der Waals surface area contributed by atoms with Crippen molar-refractivity contribution in [3.05, 3.63) is 24.1 Å². The summed E-state index contributed by atoms with van der Waals surface area (Å²) in [4.78, 5) is 26.6. The fraction of sp³-hybridized carbons (Fsp3) is 0.308. The van der Waals surface area contributed by atoms with Crippen molar-refractivity contribution in [3.8, 4) is 0 Å². The lowest BCUT2D eigenvalue weighted by Crippen LogP contribution is -2.26. The van der Waals surface area contributed by atoms with E-state index in [1.807, 2.05) is 6.92 Å². The van der Waals surface area contributed by atoms with Gasteiger partial charge in [-0.3, -0.25) is 9.59 Å². The molecule has 6 nitrogen and oxygen atoms in total. The van der Waals surface area contributed by atoms with E-state index >= 15 is 0 Å². The summed E-state index contributed by atoms with van der Waals surface area (Å²) in [6, 6.07) is 5.01. The molecule has 1 heterocycles. The van der Waals surface area contributed by atoms with Crippen molar-refractivity contribution >= 4 is 28.7 Å². The van der Waals surface area contributed by atoms with Crippen LogP contribution in [0.3, 0.4) is 0 Å². The molecule has 1 aromatic heterocycles. The minimum atomic E-state index is -1.16. The van der Waals surface area contributed by atoms with Crippen LogP contribution in [0.4, 0.5) is 5.69 Å². The number of fused-ring (bicyclic) bond motifs is 1. The first kappa shape index (κ1) is 13.1. The predicted molar refractivity (Wildman–Crippen MR) is 68.8 cm³/mol. The van der Waals surface area contributed by atoms with E-state index in [1.54, 1.807) is 18.2 Å². The zero-order valence-corrected chi connectivity index (χ0v) is 10.6. The number of nitrogens with one attached hydrogen (secondary N) is 1. The average molecular weight is 262 g/mol. The molecule has 6 heteroatoms. The molecular weight excluding hydrogens is 248 g/mol. The van der Waals surface area contributed by atoms with E-state index in [9.17, 15) is 9.59 Å². The first-order valence-electron chi connectivity index (χ1n) is 5.94. The number of hydrogen-bond acceptors (Lipinski definition) is 4. The lowest BCUT2D eigenvalue weighted by atomic mass is 10.1. The molecule has 2 aromatic rings. The maximum absolute atomic E-state index is 11.6. The molecule has 2 N–H and O–H groups in total. The molecule has 1 amide bonds.